The van der Waals surface area contributed by atoms with Gasteiger partial charge >= 0.3 is 5.97 Å². The van der Waals surface area contributed by atoms with Gasteiger partial charge in [0.05, 0.1) is 6.21 Å². The molecular formula is C17H21N3O5. The summed E-state index contributed by atoms with van der Waals surface area (Å²) < 4.78 is 5.02. The molecule has 2 rings (SSSR count). The summed E-state index contributed by atoms with van der Waals surface area (Å²) in [6.07, 6.45) is 4.75. The van der Waals surface area contributed by atoms with Gasteiger partial charge in [-0.1, -0.05) is 6.42 Å². The smallest absolute Gasteiger partial charge is 0.341 e. The van der Waals surface area contributed by atoms with Crippen LogP contribution < -0.4 is 10.2 Å². The molecule has 0 aromatic heterocycles. The van der Waals surface area contributed by atoms with Gasteiger partial charge in [-0.25, -0.2) is 10.2 Å². The van der Waals surface area contributed by atoms with Gasteiger partial charge in [0.15, 0.2) is 6.61 Å². The molecule has 0 unspecified atom stereocenters. The molecule has 0 saturated carbocycles. The van der Waals surface area contributed by atoms with E-state index in [1.165, 1.54) is 6.21 Å². The van der Waals surface area contributed by atoms with E-state index in [0.29, 0.717) is 24.3 Å². The molecule has 0 spiro atoms. The zero-order valence-corrected chi connectivity index (χ0v) is 13.8. The molecule has 1 aromatic rings. The highest BCUT2D eigenvalue weighted by Gasteiger charge is 2.18. The van der Waals surface area contributed by atoms with Gasteiger partial charge in [-0.15, -0.1) is 0 Å². The summed E-state index contributed by atoms with van der Waals surface area (Å²) in [6.45, 7) is 0.213. The van der Waals surface area contributed by atoms with Crippen molar-refractivity contribution in [2.45, 2.75) is 25.7 Å². The number of hydrogen-bond acceptors (Lipinski definition) is 5. The lowest BCUT2D eigenvalue weighted by molar-refractivity contribution is -0.139. The van der Waals surface area contributed by atoms with E-state index in [1.54, 1.807) is 29.2 Å². The van der Waals surface area contributed by atoms with E-state index in [9.17, 15) is 14.4 Å². The Labute approximate surface area is 145 Å². The van der Waals surface area contributed by atoms with Crippen molar-refractivity contribution in [3.63, 3.8) is 0 Å². The average Bonchev–Trinajstić information content (AvgIpc) is 2.79. The molecule has 0 aliphatic carbocycles. The van der Waals surface area contributed by atoms with Crippen LogP contribution in [0.2, 0.25) is 0 Å². The molecule has 1 fully saturated rings. The zero-order chi connectivity index (χ0) is 18.1. The molecule has 0 atom stereocenters. The fourth-order valence-electron chi connectivity index (χ4n) is 2.39. The predicted octanol–water partition coefficient (Wildman–Crippen LogP) is 1.00. The number of amides is 2. The third-order valence-electron chi connectivity index (χ3n) is 3.65. The van der Waals surface area contributed by atoms with Crippen LogP contribution in [0.15, 0.2) is 29.4 Å². The Kier molecular flexibility index (Phi) is 6.94. The Morgan fingerprint density at radius 3 is 2.72 bits per heavy atom. The molecule has 25 heavy (non-hydrogen) atoms. The summed E-state index contributed by atoms with van der Waals surface area (Å²) >= 11 is 0. The monoisotopic (exact) mass is 347 g/mol. The lowest BCUT2D eigenvalue weighted by atomic mass is 10.2. The minimum Gasteiger partial charge on any atom is -0.482 e. The van der Waals surface area contributed by atoms with E-state index in [4.69, 9.17) is 9.84 Å². The Morgan fingerprint density at radius 1 is 1.24 bits per heavy atom. The first-order valence-corrected chi connectivity index (χ1v) is 8.09. The van der Waals surface area contributed by atoms with Gasteiger partial charge in [0.2, 0.25) is 5.91 Å². The molecule has 1 saturated heterocycles. The third kappa shape index (κ3) is 6.62. The number of benzene rings is 1. The number of hydrazone groups is 1. The fraction of sp³-hybridized carbons (Fsp3) is 0.412. The van der Waals surface area contributed by atoms with Gasteiger partial charge in [-0.2, -0.15) is 5.10 Å². The minimum absolute atomic E-state index is 0.00794. The van der Waals surface area contributed by atoms with E-state index in [0.717, 1.165) is 19.3 Å². The Morgan fingerprint density at radius 2 is 2.00 bits per heavy atom. The normalized spacial score (nSPS) is 15.0. The van der Waals surface area contributed by atoms with Gasteiger partial charge in [0, 0.05) is 13.0 Å². The van der Waals surface area contributed by atoms with Crippen LogP contribution in [0.3, 0.4) is 0 Å². The molecule has 1 aliphatic rings. The topological polar surface area (TPSA) is 108 Å². The first-order chi connectivity index (χ1) is 12.0. The lowest BCUT2D eigenvalue weighted by Crippen LogP contribution is -2.39. The van der Waals surface area contributed by atoms with Gasteiger partial charge in [0.1, 0.15) is 12.3 Å². The molecule has 0 radical (unpaired) electrons. The van der Waals surface area contributed by atoms with Crippen LogP contribution in [0.5, 0.6) is 5.75 Å². The highest BCUT2D eigenvalue weighted by Crippen LogP contribution is 2.11. The Hall–Kier alpha value is -2.90. The van der Waals surface area contributed by atoms with Crippen LogP contribution in [-0.4, -0.2) is 53.7 Å². The summed E-state index contributed by atoms with van der Waals surface area (Å²) in [6, 6.07) is 6.60. The number of carboxylic acids is 1. The molecule has 1 aliphatic heterocycles. The quantitative estimate of drug-likeness (QED) is 0.565. The average molecular weight is 347 g/mol. The first kappa shape index (κ1) is 18.4. The summed E-state index contributed by atoms with van der Waals surface area (Å²) in [4.78, 5) is 35.7. The number of carboxylic acid groups (broad SMARTS) is 1. The number of nitrogens with zero attached hydrogens (tertiary/aromatic N) is 2. The third-order valence-corrected chi connectivity index (χ3v) is 3.65. The highest BCUT2D eigenvalue weighted by molar-refractivity contribution is 5.86. The number of carbonyl (C=O) groups is 3. The molecule has 134 valence electrons. The largest absolute Gasteiger partial charge is 0.482 e. The van der Waals surface area contributed by atoms with Crippen molar-refractivity contribution in [2.24, 2.45) is 5.10 Å². The van der Waals surface area contributed by atoms with Crippen LogP contribution in [0.25, 0.3) is 0 Å². The second kappa shape index (κ2) is 9.41. The van der Waals surface area contributed by atoms with E-state index in [2.05, 4.69) is 10.5 Å². The van der Waals surface area contributed by atoms with Crippen molar-refractivity contribution < 1.29 is 24.2 Å². The van der Waals surface area contributed by atoms with Crippen LogP contribution >= 0.6 is 0 Å². The van der Waals surface area contributed by atoms with Crippen molar-refractivity contribution in [2.75, 3.05) is 19.7 Å². The number of aliphatic carboxylic acids is 1. The maximum absolute atomic E-state index is 11.9. The van der Waals surface area contributed by atoms with Gasteiger partial charge in [-0.05, 0) is 42.7 Å². The van der Waals surface area contributed by atoms with Crippen molar-refractivity contribution in [1.82, 2.24) is 10.3 Å². The summed E-state index contributed by atoms with van der Waals surface area (Å²) in [7, 11) is 0. The van der Waals surface area contributed by atoms with Crippen LogP contribution in [0, 0.1) is 0 Å². The maximum Gasteiger partial charge on any atom is 0.341 e. The number of hydrogen-bond donors (Lipinski definition) is 2. The van der Waals surface area contributed by atoms with Crippen molar-refractivity contribution in [3.8, 4) is 5.75 Å². The minimum atomic E-state index is -1.05. The van der Waals surface area contributed by atoms with Crippen molar-refractivity contribution >= 4 is 24.0 Å². The van der Waals surface area contributed by atoms with Gasteiger partial charge in [0.25, 0.3) is 5.91 Å². The summed E-state index contributed by atoms with van der Waals surface area (Å²) in [5.41, 5.74) is 3.12. The number of likely N-dealkylation sites (tertiary alicyclic amines) is 1. The highest BCUT2D eigenvalue weighted by atomic mass is 16.5. The maximum atomic E-state index is 11.9. The fourth-order valence-corrected chi connectivity index (χ4v) is 2.39. The summed E-state index contributed by atoms with van der Waals surface area (Å²) in [5, 5.41) is 12.4. The van der Waals surface area contributed by atoms with Crippen molar-refractivity contribution in [1.29, 1.82) is 0 Å². The molecule has 8 heteroatoms. The zero-order valence-electron chi connectivity index (χ0n) is 13.8. The second-order valence-electron chi connectivity index (χ2n) is 5.67. The lowest BCUT2D eigenvalue weighted by Gasteiger charge is -2.18. The van der Waals surface area contributed by atoms with E-state index >= 15 is 0 Å². The molecule has 2 N–H and O–H groups in total. The van der Waals surface area contributed by atoms with Gasteiger partial charge < -0.3 is 14.7 Å². The molecule has 1 aromatic carbocycles. The van der Waals surface area contributed by atoms with E-state index < -0.39 is 12.6 Å². The standard InChI is InChI=1S/C17H21N3O5/c21-15(11-20-9-3-1-2-4-16(20)22)19-18-10-13-5-7-14(8-6-13)25-12-17(23)24/h5-8,10H,1-4,9,11-12H2,(H,19,21)(H,23,24)/b18-10-. The number of ether oxygens (including phenoxy) is 1. The molecule has 2 amide bonds. The van der Waals surface area contributed by atoms with Crippen LogP contribution in [0.4, 0.5) is 0 Å². The van der Waals surface area contributed by atoms with Crippen molar-refractivity contribution in [3.05, 3.63) is 29.8 Å². The van der Waals surface area contributed by atoms with Crippen LogP contribution in [0.1, 0.15) is 31.2 Å². The predicted molar refractivity (Wildman–Crippen MR) is 90.4 cm³/mol. The summed E-state index contributed by atoms with van der Waals surface area (Å²) in [5.74, 6) is -0.944. The Balaban J connectivity index is 1.78. The van der Waals surface area contributed by atoms with Gasteiger partial charge in [-0.3, -0.25) is 9.59 Å². The second-order valence-corrected chi connectivity index (χ2v) is 5.67. The number of carbonyl (C=O) groups excluding carboxylic acids is 2. The Bertz CT molecular complexity index is 642. The van der Waals surface area contributed by atoms with E-state index in [-0.39, 0.29) is 18.4 Å². The van der Waals surface area contributed by atoms with Crippen LogP contribution in [-0.2, 0) is 14.4 Å². The molecule has 8 nitrogen and oxygen atoms in total. The van der Waals surface area contributed by atoms with E-state index in [1.807, 2.05) is 0 Å². The first-order valence-electron chi connectivity index (χ1n) is 8.09. The SMILES string of the molecule is O=C(O)COc1ccc(/C=N\NC(=O)CN2CCCCCC2=O)cc1. The number of nitrogens with one attached hydrogen (secondary N) is 1. The number of rotatable bonds is 7. The molecule has 1 heterocycles. The molecular weight excluding hydrogens is 326 g/mol. The molecule has 0 bridgehead atoms.